The third-order valence-corrected chi connectivity index (χ3v) is 2.53. The van der Waals surface area contributed by atoms with Gasteiger partial charge in [0.05, 0.1) is 12.6 Å². The number of nitrogen functional groups attached to an aromatic ring is 1. The van der Waals surface area contributed by atoms with Crippen LogP contribution in [-0.4, -0.2) is 34.8 Å². The maximum atomic E-state index is 9.29. The van der Waals surface area contributed by atoms with Crippen molar-refractivity contribution in [1.82, 2.24) is 9.97 Å². The summed E-state index contributed by atoms with van der Waals surface area (Å²) in [5, 5.41) is 12.4. The molecule has 0 aliphatic rings. The van der Waals surface area contributed by atoms with E-state index in [-0.39, 0.29) is 18.6 Å². The number of hydrazine groups is 1. The summed E-state index contributed by atoms with van der Waals surface area (Å²) in [6.45, 7) is 4.38. The Hall–Kier alpha value is -1.44. The van der Waals surface area contributed by atoms with Gasteiger partial charge in [0.15, 0.2) is 5.82 Å². The van der Waals surface area contributed by atoms with E-state index < -0.39 is 0 Å². The third kappa shape index (κ3) is 4.10. The van der Waals surface area contributed by atoms with Crippen LogP contribution in [0.1, 0.15) is 19.7 Å². The Kier molecular flexibility index (Phi) is 5.76. The molecule has 1 aromatic rings. The van der Waals surface area contributed by atoms with E-state index in [0.717, 1.165) is 0 Å². The van der Waals surface area contributed by atoms with Crippen LogP contribution >= 0.6 is 0 Å². The molecular formula is C11H21N5O2. The average molecular weight is 255 g/mol. The molecule has 1 atom stereocenters. The highest BCUT2D eigenvalue weighted by Crippen LogP contribution is 2.14. The van der Waals surface area contributed by atoms with E-state index in [0.29, 0.717) is 24.1 Å². The quantitative estimate of drug-likeness (QED) is 0.411. The number of aromatic nitrogens is 2. The van der Waals surface area contributed by atoms with E-state index in [2.05, 4.69) is 20.7 Å². The smallest absolute Gasteiger partial charge is 0.158 e. The fourth-order valence-corrected chi connectivity index (χ4v) is 1.45. The van der Waals surface area contributed by atoms with Crippen LogP contribution in [0, 0.1) is 5.92 Å². The molecule has 0 saturated heterocycles. The van der Waals surface area contributed by atoms with E-state index in [1.807, 2.05) is 13.8 Å². The normalized spacial score (nSPS) is 12.6. The van der Waals surface area contributed by atoms with E-state index in [1.165, 1.54) is 0 Å². The fraction of sp³-hybridized carbons (Fsp3) is 0.636. The van der Waals surface area contributed by atoms with Crippen molar-refractivity contribution in [2.24, 2.45) is 11.8 Å². The summed E-state index contributed by atoms with van der Waals surface area (Å²) < 4.78 is 4.99. The van der Waals surface area contributed by atoms with Gasteiger partial charge in [0.2, 0.25) is 0 Å². The van der Waals surface area contributed by atoms with Crippen LogP contribution in [0.25, 0.3) is 0 Å². The number of ether oxygens (including phenoxy) is 1. The third-order valence-electron chi connectivity index (χ3n) is 2.53. The van der Waals surface area contributed by atoms with E-state index >= 15 is 0 Å². The molecule has 0 amide bonds. The van der Waals surface area contributed by atoms with Crippen LogP contribution < -0.4 is 16.6 Å². The summed E-state index contributed by atoms with van der Waals surface area (Å²) in [4.78, 5) is 8.43. The van der Waals surface area contributed by atoms with Crippen LogP contribution in [0.4, 0.5) is 11.6 Å². The predicted molar refractivity (Wildman–Crippen MR) is 69.9 cm³/mol. The van der Waals surface area contributed by atoms with Crippen LogP contribution in [0.5, 0.6) is 0 Å². The number of aliphatic hydroxyl groups is 1. The minimum Gasteiger partial charge on any atom is -0.394 e. The number of methoxy groups -OCH3 is 1. The van der Waals surface area contributed by atoms with Crippen molar-refractivity contribution < 1.29 is 9.84 Å². The molecule has 18 heavy (non-hydrogen) atoms. The zero-order valence-electron chi connectivity index (χ0n) is 11.0. The Bertz CT molecular complexity index is 372. The first-order valence-electron chi connectivity index (χ1n) is 5.81. The lowest BCUT2D eigenvalue weighted by Crippen LogP contribution is -2.30. The highest BCUT2D eigenvalue weighted by molar-refractivity contribution is 5.47. The SMILES string of the molecule is COCc1nc(NN)cc(N[C@H](CO)C(C)C)n1. The van der Waals surface area contributed by atoms with Crippen LogP contribution in [-0.2, 0) is 11.3 Å². The number of hydrogen-bond donors (Lipinski definition) is 4. The zero-order chi connectivity index (χ0) is 13.5. The molecule has 0 bridgehead atoms. The fourth-order valence-electron chi connectivity index (χ4n) is 1.45. The summed E-state index contributed by atoms with van der Waals surface area (Å²) in [5.41, 5.74) is 2.48. The van der Waals surface area contributed by atoms with Crippen molar-refractivity contribution in [3.8, 4) is 0 Å². The lowest BCUT2D eigenvalue weighted by Gasteiger charge is -2.21. The summed E-state index contributed by atoms with van der Waals surface area (Å²) in [6, 6.07) is 1.62. The molecule has 102 valence electrons. The van der Waals surface area contributed by atoms with Crippen molar-refractivity contribution in [2.45, 2.75) is 26.5 Å². The summed E-state index contributed by atoms with van der Waals surface area (Å²) in [5.74, 6) is 7.26. The summed E-state index contributed by atoms with van der Waals surface area (Å²) in [7, 11) is 1.57. The highest BCUT2D eigenvalue weighted by atomic mass is 16.5. The number of hydrogen-bond acceptors (Lipinski definition) is 7. The van der Waals surface area contributed by atoms with E-state index in [1.54, 1.807) is 13.2 Å². The Morgan fingerprint density at radius 2 is 2.06 bits per heavy atom. The molecule has 0 radical (unpaired) electrons. The Balaban J connectivity index is 2.89. The van der Waals surface area contributed by atoms with Gasteiger partial charge < -0.3 is 20.6 Å². The molecule has 1 rings (SSSR count). The first-order chi connectivity index (χ1) is 8.60. The van der Waals surface area contributed by atoms with Gasteiger partial charge in [-0.25, -0.2) is 15.8 Å². The van der Waals surface area contributed by atoms with Crippen molar-refractivity contribution in [3.63, 3.8) is 0 Å². The molecule has 7 nitrogen and oxygen atoms in total. The maximum Gasteiger partial charge on any atom is 0.158 e. The number of nitrogens with two attached hydrogens (primary N) is 1. The molecule has 0 unspecified atom stereocenters. The number of rotatable bonds is 7. The maximum absolute atomic E-state index is 9.29. The number of nitrogens with zero attached hydrogens (tertiary/aromatic N) is 2. The highest BCUT2D eigenvalue weighted by Gasteiger charge is 2.13. The largest absolute Gasteiger partial charge is 0.394 e. The molecule has 0 fully saturated rings. The minimum atomic E-state index is -0.0686. The topological polar surface area (TPSA) is 105 Å². The Labute approximate surface area is 107 Å². The molecule has 5 N–H and O–H groups in total. The van der Waals surface area contributed by atoms with Gasteiger partial charge in [0.1, 0.15) is 18.2 Å². The van der Waals surface area contributed by atoms with Gasteiger partial charge >= 0.3 is 0 Å². The zero-order valence-corrected chi connectivity index (χ0v) is 11.0. The molecule has 0 aliphatic heterocycles. The van der Waals surface area contributed by atoms with Gasteiger partial charge in [0.25, 0.3) is 0 Å². The van der Waals surface area contributed by atoms with Crippen LogP contribution in [0.2, 0.25) is 0 Å². The van der Waals surface area contributed by atoms with E-state index in [4.69, 9.17) is 10.6 Å². The lowest BCUT2D eigenvalue weighted by molar-refractivity contribution is 0.178. The molecule has 0 saturated carbocycles. The molecule has 1 heterocycles. The molecule has 1 aromatic heterocycles. The standard InChI is InChI=1S/C11H21N5O2/c1-7(2)8(5-17)13-9-4-10(16-12)15-11(14-9)6-18-3/h4,7-8,17H,5-6,12H2,1-3H3,(H2,13,14,15,16)/t8-/m1/s1. The summed E-state index contributed by atoms with van der Waals surface area (Å²) in [6.07, 6.45) is 0. The van der Waals surface area contributed by atoms with Crippen molar-refractivity contribution in [1.29, 1.82) is 0 Å². The van der Waals surface area contributed by atoms with Crippen LogP contribution in [0.15, 0.2) is 6.07 Å². The van der Waals surface area contributed by atoms with Crippen molar-refractivity contribution in [3.05, 3.63) is 11.9 Å². The molecule has 7 heteroatoms. The molecule has 0 spiro atoms. The number of anilines is 2. The van der Waals surface area contributed by atoms with Gasteiger partial charge in [-0.1, -0.05) is 13.8 Å². The first kappa shape index (κ1) is 14.6. The van der Waals surface area contributed by atoms with Gasteiger partial charge in [-0.2, -0.15) is 0 Å². The Morgan fingerprint density at radius 1 is 1.39 bits per heavy atom. The number of nitrogens with one attached hydrogen (secondary N) is 2. The molecule has 0 aromatic carbocycles. The predicted octanol–water partition coefficient (Wildman–Crippen LogP) is 0.337. The minimum absolute atomic E-state index is 0.0344. The van der Waals surface area contributed by atoms with Crippen molar-refractivity contribution in [2.75, 3.05) is 24.5 Å². The summed E-state index contributed by atoms with van der Waals surface area (Å²) >= 11 is 0. The van der Waals surface area contributed by atoms with Gasteiger partial charge in [0, 0.05) is 13.2 Å². The Morgan fingerprint density at radius 3 is 2.56 bits per heavy atom. The second kappa shape index (κ2) is 7.10. The van der Waals surface area contributed by atoms with Crippen LogP contribution in [0.3, 0.4) is 0 Å². The second-order valence-corrected chi connectivity index (χ2v) is 4.31. The monoisotopic (exact) mass is 255 g/mol. The number of aliphatic hydroxyl groups excluding tert-OH is 1. The molecular weight excluding hydrogens is 234 g/mol. The molecule has 0 aliphatic carbocycles. The van der Waals surface area contributed by atoms with Gasteiger partial charge in [-0.05, 0) is 5.92 Å². The van der Waals surface area contributed by atoms with Gasteiger partial charge in [-0.3, -0.25) is 0 Å². The lowest BCUT2D eigenvalue weighted by atomic mass is 10.1. The van der Waals surface area contributed by atoms with Gasteiger partial charge in [-0.15, -0.1) is 0 Å². The van der Waals surface area contributed by atoms with Crippen molar-refractivity contribution >= 4 is 11.6 Å². The average Bonchev–Trinajstić information content (AvgIpc) is 2.35. The first-order valence-corrected chi connectivity index (χ1v) is 5.81. The van der Waals surface area contributed by atoms with E-state index in [9.17, 15) is 5.11 Å². The second-order valence-electron chi connectivity index (χ2n) is 4.31.